The van der Waals surface area contributed by atoms with Crippen molar-refractivity contribution in [2.24, 2.45) is 5.73 Å². The second-order valence-corrected chi connectivity index (χ2v) is 5.21. The first-order chi connectivity index (χ1) is 7.66. The van der Waals surface area contributed by atoms with Gasteiger partial charge in [-0.25, -0.2) is 4.39 Å². The van der Waals surface area contributed by atoms with Crippen molar-refractivity contribution in [3.8, 4) is 0 Å². The molecule has 0 radical (unpaired) electrons. The molecule has 1 fully saturated rings. The van der Waals surface area contributed by atoms with E-state index >= 15 is 0 Å². The smallest absolute Gasteiger partial charge is 0.147 e. The van der Waals surface area contributed by atoms with Gasteiger partial charge in [0.1, 0.15) is 5.82 Å². The van der Waals surface area contributed by atoms with E-state index in [9.17, 15) is 4.39 Å². The van der Waals surface area contributed by atoms with Gasteiger partial charge < -0.3 is 10.6 Å². The highest BCUT2D eigenvalue weighted by Gasteiger charge is 2.17. The molecule has 0 saturated carbocycles. The van der Waals surface area contributed by atoms with Gasteiger partial charge in [0.2, 0.25) is 0 Å². The molecule has 1 atom stereocenters. The molecular formula is C12H16BrFN2. The van der Waals surface area contributed by atoms with E-state index in [0.717, 1.165) is 36.8 Å². The van der Waals surface area contributed by atoms with Crippen LogP contribution in [0.1, 0.15) is 19.3 Å². The lowest BCUT2D eigenvalue weighted by Crippen LogP contribution is -2.36. The van der Waals surface area contributed by atoms with Crippen LogP contribution in [-0.4, -0.2) is 19.1 Å². The molecule has 1 aliphatic heterocycles. The fraction of sp³-hybridized carbons (Fsp3) is 0.500. The van der Waals surface area contributed by atoms with E-state index in [-0.39, 0.29) is 11.9 Å². The molecule has 0 aromatic heterocycles. The molecule has 1 heterocycles. The molecule has 0 bridgehead atoms. The van der Waals surface area contributed by atoms with Crippen molar-refractivity contribution in [3.63, 3.8) is 0 Å². The zero-order chi connectivity index (χ0) is 11.5. The van der Waals surface area contributed by atoms with Crippen LogP contribution in [0.5, 0.6) is 0 Å². The fourth-order valence-electron chi connectivity index (χ4n) is 2.13. The lowest BCUT2D eigenvalue weighted by Gasteiger charge is -2.25. The lowest BCUT2D eigenvalue weighted by molar-refractivity contribution is 0.601. The van der Waals surface area contributed by atoms with Gasteiger partial charge in [-0.05, 0) is 31.0 Å². The van der Waals surface area contributed by atoms with E-state index in [1.807, 2.05) is 12.1 Å². The fourth-order valence-corrected chi connectivity index (χ4v) is 2.46. The van der Waals surface area contributed by atoms with Gasteiger partial charge in [0, 0.05) is 23.6 Å². The minimum Gasteiger partial charge on any atom is -0.368 e. The molecule has 0 spiro atoms. The van der Waals surface area contributed by atoms with Crippen LogP contribution in [0.25, 0.3) is 0 Å². The predicted octanol–water partition coefficient (Wildman–Crippen LogP) is 2.91. The minimum atomic E-state index is -0.177. The summed E-state index contributed by atoms with van der Waals surface area (Å²) in [6, 6.07) is 5.35. The maximum absolute atomic E-state index is 13.8. The van der Waals surface area contributed by atoms with Gasteiger partial charge in [0.25, 0.3) is 0 Å². The monoisotopic (exact) mass is 286 g/mol. The average molecular weight is 287 g/mol. The number of rotatable bonds is 1. The van der Waals surface area contributed by atoms with Crippen molar-refractivity contribution in [2.45, 2.75) is 25.3 Å². The predicted molar refractivity (Wildman–Crippen MR) is 68.1 cm³/mol. The topological polar surface area (TPSA) is 29.3 Å². The van der Waals surface area contributed by atoms with Crippen molar-refractivity contribution in [3.05, 3.63) is 28.5 Å². The van der Waals surface area contributed by atoms with E-state index in [4.69, 9.17) is 5.73 Å². The van der Waals surface area contributed by atoms with Gasteiger partial charge in [-0.15, -0.1) is 0 Å². The zero-order valence-electron chi connectivity index (χ0n) is 9.13. The molecule has 2 N–H and O–H groups in total. The first-order valence-corrected chi connectivity index (χ1v) is 6.41. The molecule has 16 heavy (non-hydrogen) atoms. The van der Waals surface area contributed by atoms with Crippen LogP contribution < -0.4 is 10.6 Å². The van der Waals surface area contributed by atoms with Crippen LogP contribution in [0.2, 0.25) is 0 Å². The molecule has 0 aliphatic carbocycles. The molecule has 88 valence electrons. The summed E-state index contributed by atoms with van der Waals surface area (Å²) in [5, 5.41) is 0. The Bertz CT molecular complexity index is 370. The van der Waals surface area contributed by atoms with Gasteiger partial charge in [0.15, 0.2) is 0 Å². The highest BCUT2D eigenvalue weighted by Crippen LogP contribution is 2.25. The second kappa shape index (κ2) is 5.15. The molecule has 0 unspecified atom stereocenters. The van der Waals surface area contributed by atoms with E-state index < -0.39 is 0 Å². The maximum Gasteiger partial charge on any atom is 0.147 e. The number of halogens is 2. The Labute approximate surface area is 104 Å². The summed E-state index contributed by atoms with van der Waals surface area (Å²) >= 11 is 3.26. The summed E-state index contributed by atoms with van der Waals surface area (Å²) in [6.45, 7) is 1.64. The van der Waals surface area contributed by atoms with Crippen molar-refractivity contribution in [2.75, 3.05) is 18.0 Å². The van der Waals surface area contributed by atoms with Crippen molar-refractivity contribution in [1.82, 2.24) is 0 Å². The summed E-state index contributed by atoms with van der Waals surface area (Å²) < 4.78 is 14.6. The van der Waals surface area contributed by atoms with Gasteiger partial charge in [0.05, 0.1) is 5.69 Å². The molecular weight excluding hydrogens is 271 g/mol. The Hall–Kier alpha value is -0.610. The lowest BCUT2D eigenvalue weighted by atomic mass is 10.1. The van der Waals surface area contributed by atoms with Crippen molar-refractivity contribution in [1.29, 1.82) is 0 Å². The Balaban J connectivity index is 2.21. The molecule has 1 aromatic rings. The maximum atomic E-state index is 13.8. The molecule has 0 amide bonds. The molecule has 2 rings (SSSR count). The summed E-state index contributed by atoms with van der Waals surface area (Å²) in [6.07, 6.45) is 3.26. The zero-order valence-corrected chi connectivity index (χ0v) is 10.7. The molecule has 1 aromatic carbocycles. The largest absolute Gasteiger partial charge is 0.368 e. The number of hydrogen-bond donors (Lipinski definition) is 1. The van der Waals surface area contributed by atoms with Crippen LogP contribution in [0.4, 0.5) is 10.1 Å². The third-order valence-electron chi connectivity index (χ3n) is 2.96. The number of hydrogen-bond acceptors (Lipinski definition) is 2. The molecule has 4 heteroatoms. The van der Waals surface area contributed by atoms with Crippen LogP contribution in [0, 0.1) is 5.82 Å². The summed E-state index contributed by atoms with van der Waals surface area (Å²) in [5.74, 6) is -0.177. The third-order valence-corrected chi connectivity index (χ3v) is 3.45. The highest BCUT2D eigenvalue weighted by atomic mass is 79.9. The van der Waals surface area contributed by atoms with E-state index in [0.29, 0.717) is 5.69 Å². The van der Waals surface area contributed by atoms with Gasteiger partial charge in [-0.2, -0.15) is 0 Å². The SMILES string of the molecule is N[C@@H]1CCCCN(c2ccc(Br)cc2F)C1. The average Bonchev–Trinajstić information content (AvgIpc) is 2.43. The van der Waals surface area contributed by atoms with Crippen molar-refractivity contribution >= 4 is 21.6 Å². The van der Waals surface area contributed by atoms with Crippen LogP contribution in [-0.2, 0) is 0 Å². The number of anilines is 1. The number of benzene rings is 1. The highest BCUT2D eigenvalue weighted by molar-refractivity contribution is 9.10. The third kappa shape index (κ3) is 2.74. The Kier molecular flexibility index (Phi) is 3.82. The van der Waals surface area contributed by atoms with E-state index in [1.165, 1.54) is 6.07 Å². The van der Waals surface area contributed by atoms with E-state index in [2.05, 4.69) is 20.8 Å². The van der Waals surface area contributed by atoms with Crippen LogP contribution in [0.3, 0.4) is 0 Å². The van der Waals surface area contributed by atoms with Gasteiger partial charge in [-0.3, -0.25) is 0 Å². The minimum absolute atomic E-state index is 0.158. The number of nitrogens with two attached hydrogens (primary N) is 1. The first-order valence-electron chi connectivity index (χ1n) is 5.62. The van der Waals surface area contributed by atoms with Gasteiger partial charge >= 0.3 is 0 Å². The van der Waals surface area contributed by atoms with Crippen LogP contribution in [0.15, 0.2) is 22.7 Å². The summed E-state index contributed by atoms with van der Waals surface area (Å²) in [4.78, 5) is 2.06. The first kappa shape index (κ1) is 11.9. The Morgan fingerprint density at radius 1 is 1.38 bits per heavy atom. The normalized spacial score (nSPS) is 21.9. The van der Waals surface area contributed by atoms with Crippen LogP contribution >= 0.6 is 15.9 Å². The van der Waals surface area contributed by atoms with Crippen molar-refractivity contribution < 1.29 is 4.39 Å². The second-order valence-electron chi connectivity index (χ2n) is 4.30. The molecule has 2 nitrogen and oxygen atoms in total. The number of nitrogens with zero attached hydrogens (tertiary/aromatic N) is 1. The standard InChI is InChI=1S/C12H16BrFN2/c13-9-4-5-12(11(14)7-9)16-6-2-1-3-10(15)8-16/h4-5,7,10H,1-3,6,8,15H2/t10-/m1/s1. The molecule has 1 saturated heterocycles. The quantitative estimate of drug-likeness (QED) is 0.860. The Morgan fingerprint density at radius 3 is 2.94 bits per heavy atom. The summed E-state index contributed by atoms with van der Waals surface area (Å²) in [5.41, 5.74) is 6.64. The van der Waals surface area contributed by atoms with E-state index in [1.54, 1.807) is 0 Å². The molecule has 1 aliphatic rings. The van der Waals surface area contributed by atoms with Gasteiger partial charge in [-0.1, -0.05) is 22.4 Å². The Morgan fingerprint density at radius 2 is 2.19 bits per heavy atom. The summed E-state index contributed by atoms with van der Waals surface area (Å²) in [7, 11) is 0.